The molecule has 0 aliphatic carbocycles. The second kappa shape index (κ2) is 7.49. The van der Waals surface area contributed by atoms with E-state index in [0.29, 0.717) is 16.7 Å². The third kappa shape index (κ3) is 3.32. The van der Waals surface area contributed by atoms with Gasteiger partial charge in [-0.2, -0.15) is 0 Å². The summed E-state index contributed by atoms with van der Waals surface area (Å²) >= 11 is 0. The molecular formula is C23H20N4O4S. The summed E-state index contributed by atoms with van der Waals surface area (Å²) in [6, 6.07) is 17.9. The molecule has 0 atom stereocenters. The molecule has 0 unspecified atom stereocenters. The fraction of sp³-hybridized carbons (Fsp3) is 0.0870. The molecule has 1 aliphatic rings. The van der Waals surface area contributed by atoms with Crippen LogP contribution in [0.3, 0.4) is 0 Å². The molecule has 8 nitrogen and oxygen atoms in total. The number of aromatic nitrogens is 2. The molecule has 0 radical (unpaired) electrons. The summed E-state index contributed by atoms with van der Waals surface area (Å²) in [7, 11) is -3.57. The van der Waals surface area contributed by atoms with E-state index in [0.717, 1.165) is 11.1 Å². The molecule has 0 amide bonds. The normalized spacial score (nSPS) is 15.5. The first-order valence-electron chi connectivity index (χ1n) is 9.86. The summed E-state index contributed by atoms with van der Waals surface area (Å²) in [6.45, 7) is 2.05. The molecule has 4 N–H and O–H groups in total. The number of aromatic hydroxyl groups is 1. The maximum atomic E-state index is 13.6. The van der Waals surface area contributed by atoms with Crippen LogP contribution in [0.15, 0.2) is 80.9 Å². The SMILES string of the molecule is Cc1ccc2c(c1)S(O)(O)N=C(c1c(O)c3cccnc3n(Cc3ccccc3)c1=O)N2. The zero-order chi connectivity index (χ0) is 22.5. The van der Waals surface area contributed by atoms with Crippen LogP contribution in [-0.2, 0) is 6.54 Å². The zero-order valence-corrected chi connectivity index (χ0v) is 17.9. The minimum Gasteiger partial charge on any atom is -0.506 e. The summed E-state index contributed by atoms with van der Waals surface area (Å²) in [5, 5.41) is 14.4. The van der Waals surface area contributed by atoms with Gasteiger partial charge in [0.25, 0.3) is 5.56 Å². The molecule has 0 spiro atoms. The Bertz CT molecular complexity index is 1450. The Morgan fingerprint density at radius 1 is 1.06 bits per heavy atom. The second-order valence-corrected chi connectivity index (χ2v) is 9.22. The maximum absolute atomic E-state index is 13.6. The van der Waals surface area contributed by atoms with Gasteiger partial charge in [-0.1, -0.05) is 47.2 Å². The average molecular weight is 449 g/mol. The van der Waals surface area contributed by atoms with E-state index in [1.807, 2.05) is 43.3 Å². The van der Waals surface area contributed by atoms with E-state index in [-0.39, 0.29) is 28.6 Å². The average Bonchev–Trinajstić information content (AvgIpc) is 2.78. The van der Waals surface area contributed by atoms with Crippen molar-refractivity contribution in [3.05, 3.63) is 93.9 Å². The molecule has 4 aromatic rings. The lowest BCUT2D eigenvalue weighted by atomic mass is 10.1. The number of aryl methyl sites for hydroxylation is 1. The number of fused-ring (bicyclic) bond motifs is 2. The van der Waals surface area contributed by atoms with Crippen molar-refractivity contribution in [1.29, 1.82) is 0 Å². The molecule has 1 aliphatic heterocycles. The zero-order valence-electron chi connectivity index (χ0n) is 17.1. The van der Waals surface area contributed by atoms with E-state index in [9.17, 15) is 19.0 Å². The van der Waals surface area contributed by atoms with Gasteiger partial charge in [0.2, 0.25) is 0 Å². The predicted octanol–water partition coefficient (Wildman–Crippen LogP) is 4.36. The van der Waals surface area contributed by atoms with E-state index in [4.69, 9.17) is 0 Å². The number of hydrogen-bond donors (Lipinski definition) is 4. The molecule has 5 rings (SSSR count). The summed E-state index contributed by atoms with van der Waals surface area (Å²) in [5.74, 6) is -0.421. The van der Waals surface area contributed by atoms with Gasteiger partial charge in [-0.3, -0.25) is 18.5 Å². The third-order valence-electron chi connectivity index (χ3n) is 5.32. The Hall–Kier alpha value is -3.66. The van der Waals surface area contributed by atoms with Gasteiger partial charge in [0.1, 0.15) is 21.9 Å². The quantitative estimate of drug-likeness (QED) is 0.370. The van der Waals surface area contributed by atoms with Crippen molar-refractivity contribution in [2.24, 2.45) is 4.40 Å². The van der Waals surface area contributed by atoms with Crippen LogP contribution in [0.1, 0.15) is 16.7 Å². The molecule has 162 valence electrons. The number of anilines is 1. The van der Waals surface area contributed by atoms with Gasteiger partial charge in [-0.25, -0.2) is 4.98 Å². The van der Waals surface area contributed by atoms with Crippen molar-refractivity contribution in [1.82, 2.24) is 9.55 Å². The van der Waals surface area contributed by atoms with Gasteiger partial charge in [0, 0.05) is 6.20 Å². The monoisotopic (exact) mass is 448 g/mol. The van der Waals surface area contributed by atoms with Crippen LogP contribution in [-0.4, -0.2) is 29.6 Å². The van der Waals surface area contributed by atoms with Crippen molar-refractivity contribution < 1.29 is 14.2 Å². The molecule has 3 heterocycles. The standard InChI is InChI=1S/C23H20N4O4S/c1-14-9-10-17-18(12-14)32(30,31)26-21(25-17)19-20(28)16-8-5-11-24-22(16)27(23(19)29)13-15-6-3-2-4-7-15/h2-12,28,30-31H,13H2,1H3,(H,25,26). The summed E-state index contributed by atoms with van der Waals surface area (Å²) in [5.41, 5.74) is 1.76. The first-order chi connectivity index (χ1) is 15.3. The minimum absolute atomic E-state index is 0.101. The fourth-order valence-electron chi connectivity index (χ4n) is 3.78. The number of amidine groups is 1. The van der Waals surface area contributed by atoms with Crippen LogP contribution >= 0.6 is 10.8 Å². The van der Waals surface area contributed by atoms with E-state index in [2.05, 4.69) is 14.7 Å². The molecule has 0 saturated heterocycles. The van der Waals surface area contributed by atoms with E-state index >= 15 is 0 Å². The Kier molecular flexibility index (Phi) is 4.74. The number of rotatable bonds is 3. The van der Waals surface area contributed by atoms with Crippen LogP contribution in [0.2, 0.25) is 0 Å². The van der Waals surface area contributed by atoms with Gasteiger partial charge in [-0.05, 0) is 42.3 Å². The number of nitrogens with zero attached hydrogens (tertiary/aromatic N) is 3. The Labute approximate surface area is 185 Å². The Morgan fingerprint density at radius 2 is 1.84 bits per heavy atom. The molecule has 2 aromatic heterocycles. The Balaban J connectivity index is 1.74. The smallest absolute Gasteiger partial charge is 0.267 e. The highest BCUT2D eigenvalue weighted by Gasteiger charge is 2.30. The molecule has 0 bridgehead atoms. The number of benzene rings is 2. The third-order valence-corrected chi connectivity index (χ3v) is 6.68. The second-order valence-electron chi connectivity index (χ2n) is 7.56. The lowest BCUT2D eigenvalue weighted by Gasteiger charge is -2.34. The number of pyridine rings is 2. The highest BCUT2D eigenvalue weighted by molar-refractivity contribution is 8.23. The summed E-state index contributed by atoms with van der Waals surface area (Å²) < 4.78 is 26.9. The van der Waals surface area contributed by atoms with E-state index < -0.39 is 16.3 Å². The topological polar surface area (TPSA) is 120 Å². The largest absolute Gasteiger partial charge is 0.506 e. The molecule has 32 heavy (non-hydrogen) atoms. The predicted molar refractivity (Wildman–Crippen MR) is 126 cm³/mol. The van der Waals surface area contributed by atoms with Crippen LogP contribution in [0, 0.1) is 6.92 Å². The van der Waals surface area contributed by atoms with Gasteiger partial charge in [0.05, 0.1) is 17.6 Å². The number of nitrogens with one attached hydrogen (secondary N) is 1. The highest BCUT2D eigenvalue weighted by Crippen LogP contribution is 2.55. The maximum Gasteiger partial charge on any atom is 0.267 e. The van der Waals surface area contributed by atoms with Crippen molar-refractivity contribution in [2.45, 2.75) is 18.4 Å². The van der Waals surface area contributed by atoms with E-state index in [1.54, 1.807) is 30.5 Å². The van der Waals surface area contributed by atoms with Crippen LogP contribution in [0.25, 0.3) is 11.0 Å². The fourth-order valence-corrected chi connectivity index (χ4v) is 5.03. The van der Waals surface area contributed by atoms with Crippen LogP contribution in [0.4, 0.5) is 5.69 Å². The van der Waals surface area contributed by atoms with Gasteiger partial charge in [-0.15, -0.1) is 4.40 Å². The first kappa shape index (κ1) is 20.3. The lowest BCUT2D eigenvalue weighted by Crippen LogP contribution is -2.32. The van der Waals surface area contributed by atoms with Crippen LogP contribution in [0.5, 0.6) is 5.75 Å². The Morgan fingerprint density at radius 3 is 2.62 bits per heavy atom. The van der Waals surface area contributed by atoms with E-state index in [1.165, 1.54) is 4.57 Å². The van der Waals surface area contributed by atoms with Gasteiger partial charge >= 0.3 is 0 Å². The first-order valence-corrected chi connectivity index (χ1v) is 11.4. The van der Waals surface area contributed by atoms with Crippen molar-refractivity contribution in [2.75, 3.05) is 5.32 Å². The lowest BCUT2D eigenvalue weighted by molar-refractivity contribution is 0.477. The summed E-state index contributed by atoms with van der Waals surface area (Å²) in [6.07, 6.45) is 1.55. The molecule has 9 heteroatoms. The number of hydrogen-bond acceptors (Lipinski definition) is 7. The van der Waals surface area contributed by atoms with Gasteiger partial charge in [0.15, 0.2) is 5.84 Å². The van der Waals surface area contributed by atoms with Crippen molar-refractivity contribution >= 4 is 33.3 Å². The molecule has 2 aromatic carbocycles. The summed E-state index contributed by atoms with van der Waals surface area (Å²) in [4.78, 5) is 18.1. The van der Waals surface area contributed by atoms with Gasteiger partial charge < -0.3 is 10.4 Å². The minimum atomic E-state index is -3.57. The van der Waals surface area contributed by atoms with Crippen molar-refractivity contribution in [3.63, 3.8) is 0 Å². The molecule has 0 saturated carbocycles. The van der Waals surface area contributed by atoms with Crippen LogP contribution < -0.4 is 10.9 Å². The van der Waals surface area contributed by atoms with Crippen molar-refractivity contribution in [3.8, 4) is 5.75 Å². The highest BCUT2D eigenvalue weighted by atomic mass is 32.3. The molecular weight excluding hydrogens is 428 g/mol. The molecule has 0 fully saturated rings.